The van der Waals surface area contributed by atoms with Crippen molar-refractivity contribution in [3.8, 4) is 17.0 Å². The highest BCUT2D eigenvalue weighted by Crippen LogP contribution is 2.35. The average molecular weight is 583 g/mol. The molecule has 0 saturated carbocycles. The van der Waals surface area contributed by atoms with Crippen molar-refractivity contribution in [3.63, 3.8) is 0 Å². The summed E-state index contributed by atoms with van der Waals surface area (Å²) in [5.74, 6) is -5.48. The predicted molar refractivity (Wildman–Crippen MR) is 132 cm³/mol. The molecule has 0 bridgehead atoms. The Morgan fingerprint density at radius 1 is 1.07 bits per heavy atom. The minimum absolute atomic E-state index is 0.0257. The molecule has 40 heavy (non-hydrogen) atoms. The minimum Gasteiger partial charge on any atom is -0.487 e. The molecule has 0 atom stereocenters. The molecule has 0 aliphatic rings. The Balaban J connectivity index is 1.72. The van der Waals surface area contributed by atoms with Crippen LogP contribution in [0.25, 0.3) is 11.3 Å². The number of ether oxygens (including phenoxy) is 1. The molecule has 4 aromatic rings. The van der Waals surface area contributed by atoms with Crippen LogP contribution in [-0.2, 0) is 16.6 Å². The first-order valence-electron chi connectivity index (χ1n) is 11.0. The second-order valence-corrected chi connectivity index (χ2v) is 9.85. The van der Waals surface area contributed by atoms with E-state index in [1.54, 1.807) is 4.72 Å². The van der Waals surface area contributed by atoms with E-state index in [0.29, 0.717) is 0 Å². The molecule has 5 N–H and O–H groups in total. The summed E-state index contributed by atoms with van der Waals surface area (Å²) in [4.78, 5) is 20.2. The Morgan fingerprint density at radius 2 is 1.85 bits per heavy atom. The van der Waals surface area contributed by atoms with Gasteiger partial charge in [-0.15, -0.1) is 0 Å². The van der Waals surface area contributed by atoms with Crippen LogP contribution in [0.5, 0.6) is 5.75 Å². The largest absolute Gasteiger partial charge is 0.487 e. The average Bonchev–Trinajstić information content (AvgIpc) is 3.28. The highest BCUT2D eigenvalue weighted by Gasteiger charge is 2.35. The number of anilines is 3. The molecule has 0 fully saturated rings. The number of hydrogen-bond acceptors (Lipinski definition) is 8. The van der Waals surface area contributed by atoms with Gasteiger partial charge in [-0.1, -0.05) is 12.1 Å². The number of aromatic amines is 1. The van der Waals surface area contributed by atoms with E-state index in [4.69, 9.17) is 10.5 Å². The van der Waals surface area contributed by atoms with Gasteiger partial charge in [0.15, 0.2) is 23.2 Å². The number of hydrogen-bond donors (Lipinski definition) is 4. The van der Waals surface area contributed by atoms with E-state index in [1.807, 2.05) is 0 Å². The van der Waals surface area contributed by atoms with Crippen LogP contribution in [0.4, 0.5) is 39.3 Å². The number of nitrogens with two attached hydrogens (primary N) is 1. The number of nitrogens with zero attached hydrogens (tertiary/aromatic N) is 3. The first kappa shape index (κ1) is 28.2. The lowest BCUT2D eigenvalue weighted by atomic mass is 10.1. The molecule has 4 rings (SSSR count). The van der Waals surface area contributed by atoms with Crippen LogP contribution in [-0.4, -0.2) is 46.4 Å². The first-order valence-corrected chi connectivity index (χ1v) is 12.7. The van der Waals surface area contributed by atoms with E-state index in [-0.39, 0.29) is 39.8 Å². The summed E-state index contributed by atoms with van der Waals surface area (Å²) in [6.07, 6.45) is -0.875. The molecule has 0 unspecified atom stereocenters. The molecule has 210 valence electrons. The lowest BCUT2D eigenvalue weighted by Gasteiger charge is -2.16. The third-order valence-corrected chi connectivity index (χ3v) is 6.33. The monoisotopic (exact) mass is 583 g/mol. The van der Waals surface area contributed by atoms with Crippen molar-refractivity contribution in [2.24, 2.45) is 5.73 Å². The SMILES string of the molecule is NC(=O)c1c(Nc2cnccn2)n[nH]c1-c1ccc(NS(=O)(=O)CC(F)(F)F)c(OCc2ccc(F)c(F)c2)c1. The van der Waals surface area contributed by atoms with E-state index in [9.17, 15) is 35.2 Å². The molecule has 0 radical (unpaired) electrons. The molecule has 17 heteroatoms. The highest BCUT2D eigenvalue weighted by atomic mass is 32.2. The van der Waals surface area contributed by atoms with Gasteiger partial charge in [0.2, 0.25) is 10.0 Å². The number of primary amides is 1. The van der Waals surface area contributed by atoms with Crippen molar-refractivity contribution in [1.82, 2.24) is 20.2 Å². The van der Waals surface area contributed by atoms with Gasteiger partial charge in [-0.05, 0) is 29.8 Å². The Labute approximate surface area is 222 Å². The summed E-state index contributed by atoms with van der Waals surface area (Å²) in [6.45, 7) is -0.431. The van der Waals surface area contributed by atoms with Crippen molar-refractivity contribution in [2.75, 3.05) is 15.8 Å². The van der Waals surface area contributed by atoms with E-state index in [2.05, 4.69) is 25.5 Å². The molecule has 11 nitrogen and oxygen atoms in total. The molecule has 0 saturated heterocycles. The second-order valence-electron chi connectivity index (χ2n) is 8.13. The van der Waals surface area contributed by atoms with Crippen molar-refractivity contribution in [3.05, 3.63) is 77.8 Å². The number of rotatable bonds is 10. The highest BCUT2D eigenvalue weighted by molar-refractivity contribution is 7.92. The molecular formula is C23H18F5N7O4S. The van der Waals surface area contributed by atoms with E-state index in [0.717, 1.165) is 18.2 Å². The van der Waals surface area contributed by atoms with E-state index >= 15 is 0 Å². The third kappa shape index (κ3) is 6.99. The van der Waals surface area contributed by atoms with Crippen molar-refractivity contribution < 1.29 is 39.9 Å². The molecule has 2 aromatic carbocycles. The number of halogens is 5. The number of carbonyl (C=O) groups excluding carboxylic acids is 1. The maximum absolute atomic E-state index is 13.6. The quantitative estimate of drug-likeness (QED) is 0.204. The van der Waals surface area contributed by atoms with Crippen LogP contribution in [0, 0.1) is 11.6 Å². The van der Waals surface area contributed by atoms with Gasteiger partial charge in [0.25, 0.3) is 5.91 Å². The Hall–Kier alpha value is -4.80. The van der Waals surface area contributed by atoms with Crippen molar-refractivity contribution >= 4 is 33.3 Å². The van der Waals surface area contributed by atoms with Gasteiger partial charge in [-0.3, -0.25) is 19.6 Å². The number of nitrogens with one attached hydrogen (secondary N) is 3. The van der Waals surface area contributed by atoms with Gasteiger partial charge in [-0.25, -0.2) is 22.2 Å². The topological polar surface area (TPSA) is 165 Å². The van der Waals surface area contributed by atoms with E-state index < -0.39 is 51.8 Å². The number of aromatic nitrogens is 4. The van der Waals surface area contributed by atoms with Gasteiger partial charge >= 0.3 is 6.18 Å². The summed E-state index contributed by atoms with van der Waals surface area (Å²) in [7, 11) is -4.92. The molecule has 2 aromatic heterocycles. The third-order valence-electron chi connectivity index (χ3n) is 5.09. The zero-order valence-corrected chi connectivity index (χ0v) is 20.8. The number of amides is 1. The van der Waals surface area contributed by atoms with Crippen LogP contribution >= 0.6 is 0 Å². The molecule has 0 spiro atoms. The van der Waals surface area contributed by atoms with Crippen LogP contribution in [0.15, 0.2) is 55.0 Å². The van der Waals surface area contributed by atoms with Crippen molar-refractivity contribution in [2.45, 2.75) is 12.8 Å². The lowest BCUT2D eigenvalue weighted by molar-refractivity contribution is -0.106. The molecular weight excluding hydrogens is 565 g/mol. The van der Waals surface area contributed by atoms with Gasteiger partial charge in [0.1, 0.15) is 23.7 Å². The maximum atomic E-state index is 13.6. The predicted octanol–water partition coefficient (Wildman–Crippen LogP) is 3.87. The number of benzene rings is 2. The Morgan fingerprint density at radius 3 is 2.50 bits per heavy atom. The van der Waals surface area contributed by atoms with Gasteiger partial charge < -0.3 is 15.8 Å². The zero-order chi connectivity index (χ0) is 29.1. The molecule has 0 aliphatic heterocycles. The normalized spacial score (nSPS) is 11.7. The number of H-pyrrole nitrogens is 1. The fourth-order valence-corrected chi connectivity index (χ4v) is 4.46. The standard InChI is InChI=1S/C23H18F5N7O4S/c24-14-3-1-12(7-15(14)25)10-39-17-8-13(2-4-16(17)35-40(37,38)11-23(26,27)28)20-19(21(29)36)22(34-33-20)32-18-9-30-5-6-31-18/h1-9,35H,10-11H2,(H2,29,36)(H2,31,32,33,34). The summed E-state index contributed by atoms with van der Waals surface area (Å²) in [5.41, 5.74) is 5.35. The smallest absolute Gasteiger partial charge is 0.404 e. The summed E-state index contributed by atoms with van der Waals surface area (Å²) >= 11 is 0. The summed E-state index contributed by atoms with van der Waals surface area (Å²) < 4.78 is 96.9. The second kappa shape index (κ2) is 11.1. The zero-order valence-electron chi connectivity index (χ0n) is 20.0. The summed E-state index contributed by atoms with van der Waals surface area (Å²) in [6, 6.07) is 6.41. The Bertz CT molecular complexity index is 1650. The molecule has 2 heterocycles. The lowest BCUT2D eigenvalue weighted by Crippen LogP contribution is -2.28. The molecule has 1 amide bonds. The van der Waals surface area contributed by atoms with Crippen LogP contribution in [0.1, 0.15) is 15.9 Å². The Kier molecular flexibility index (Phi) is 7.85. The van der Waals surface area contributed by atoms with Gasteiger partial charge in [0.05, 0.1) is 17.6 Å². The maximum Gasteiger partial charge on any atom is 0.404 e. The van der Waals surface area contributed by atoms with Crippen LogP contribution in [0.3, 0.4) is 0 Å². The fourth-order valence-electron chi connectivity index (χ4n) is 3.46. The number of alkyl halides is 3. The first-order chi connectivity index (χ1) is 18.8. The summed E-state index contributed by atoms with van der Waals surface area (Å²) in [5, 5.41) is 9.39. The van der Waals surface area contributed by atoms with Crippen molar-refractivity contribution in [1.29, 1.82) is 0 Å². The number of sulfonamides is 1. The van der Waals surface area contributed by atoms with Gasteiger partial charge in [0, 0.05) is 18.0 Å². The number of carbonyl (C=O) groups is 1. The van der Waals surface area contributed by atoms with E-state index in [1.165, 1.54) is 36.8 Å². The van der Waals surface area contributed by atoms with Gasteiger partial charge in [-0.2, -0.15) is 18.3 Å². The van der Waals surface area contributed by atoms with Crippen LogP contribution < -0.4 is 20.5 Å². The minimum atomic E-state index is -5.03. The molecule has 0 aliphatic carbocycles. The van der Waals surface area contributed by atoms with Crippen LogP contribution in [0.2, 0.25) is 0 Å². The fraction of sp³-hybridized carbons (Fsp3) is 0.130.